The first kappa shape index (κ1) is 18.4. The van der Waals surface area contributed by atoms with E-state index in [-0.39, 0.29) is 28.4 Å². The van der Waals surface area contributed by atoms with Gasteiger partial charge in [0.2, 0.25) is 5.91 Å². The number of nitrogens with zero attached hydrogens (tertiary/aromatic N) is 1. The molecule has 25 heavy (non-hydrogen) atoms. The van der Waals surface area contributed by atoms with Crippen LogP contribution >= 0.6 is 23.1 Å². The van der Waals surface area contributed by atoms with Crippen LogP contribution in [-0.4, -0.2) is 41.8 Å². The Hall–Kier alpha value is -1.38. The summed E-state index contributed by atoms with van der Waals surface area (Å²) >= 11 is 2.80. The fraction of sp³-hybridized carbons (Fsp3) is 0.412. The fourth-order valence-electron chi connectivity index (χ4n) is 2.61. The molecule has 0 unspecified atom stereocenters. The topological polar surface area (TPSA) is 76.1 Å². The van der Waals surface area contributed by atoms with Crippen molar-refractivity contribution in [3.8, 4) is 11.3 Å². The Labute approximate surface area is 156 Å². The quantitative estimate of drug-likeness (QED) is 0.839. The minimum atomic E-state index is -2.90. The Balaban J connectivity index is 1.56. The van der Waals surface area contributed by atoms with Gasteiger partial charge in [-0.1, -0.05) is 12.1 Å². The number of sulfone groups is 1. The highest BCUT2D eigenvalue weighted by atomic mass is 32.2. The summed E-state index contributed by atoms with van der Waals surface area (Å²) in [6.45, 7) is 4.13. The van der Waals surface area contributed by atoms with Crippen LogP contribution in [0.15, 0.2) is 23.6 Å². The number of carbonyl (C=O) groups is 1. The van der Waals surface area contributed by atoms with E-state index in [2.05, 4.69) is 36.3 Å². The van der Waals surface area contributed by atoms with Crippen LogP contribution in [0.4, 0.5) is 5.13 Å². The van der Waals surface area contributed by atoms with E-state index in [0.29, 0.717) is 11.6 Å². The lowest BCUT2D eigenvalue weighted by molar-refractivity contribution is -0.113. The van der Waals surface area contributed by atoms with Crippen molar-refractivity contribution in [1.82, 2.24) is 4.98 Å². The summed E-state index contributed by atoms with van der Waals surface area (Å²) in [6, 6.07) is 6.18. The summed E-state index contributed by atoms with van der Waals surface area (Å²) in [7, 11) is -2.90. The second-order valence-electron chi connectivity index (χ2n) is 6.22. The summed E-state index contributed by atoms with van der Waals surface area (Å²) in [5.41, 5.74) is 4.32. The lowest BCUT2D eigenvalue weighted by Crippen LogP contribution is -2.17. The fourth-order valence-corrected chi connectivity index (χ4v) is 6.78. The minimum Gasteiger partial charge on any atom is -0.301 e. The van der Waals surface area contributed by atoms with Gasteiger partial charge >= 0.3 is 0 Å². The zero-order chi connectivity index (χ0) is 18.0. The van der Waals surface area contributed by atoms with Crippen LogP contribution in [0.5, 0.6) is 0 Å². The van der Waals surface area contributed by atoms with Crippen LogP contribution in [0.2, 0.25) is 0 Å². The molecule has 5 nitrogen and oxygen atoms in total. The van der Waals surface area contributed by atoms with Crippen LogP contribution in [0.25, 0.3) is 11.3 Å². The molecule has 0 spiro atoms. The molecular weight excluding hydrogens is 376 g/mol. The molecule has 1 atom stereocenters. The van der Waals surface area contributed by atoms with Gasteiger partial charge in [-0.15, -0.1) is 23.1 Å². The first-order valence-electron chi connectivity index (χ1n) is 7.97. The van der Waals surface area contributed by atoms with Crippen LogP contribution in [0, 0.1) is 13.8 Å². The number of aromatic nitrogens is 1. The first-order valence-corrected chi connectivity index (χ1v) is 11.7. The molecule has 1 aliphatic rings. The van der Waals surface area contributed by atoms with Crippen molar-refractivity contribution in [3.63, 3.8) is 0 Å². The standard InChI is InChI=1S/C17H20N2O3S3/c1-11-3-4-13(7-12(11)2)15-8-24-17(18-15)19-16(20)9-23-14-5-6-25(21,22)10-14/h3-4,7-8,14H,5-6,9-10H2,1-2H3,(H,18,19,20)/t14-/m1/s1. The zero-order valence-electron chi connectivity index (χ0n) is 14.1. The van der Waals surface area contributed by atoms with Gasteiger partial charge in [0, 0.05) is 16.2 Å². The van der Waals surface area contributed by atoms with Crippen LogP contribution in [0.3, 0.4) is 0 Å². The highest BCUT2D eigenvalue weighted by molar-refractivity contribution is 8.02. The van der Waals surface area contributed by atoms with Gasteiger partial charge < -0.3 is 5.32 Å². The van der Waals surface area contributed by atoms with E-state index < -0.39 is 9.84 Å². The number of hydrogen-bond donors (Lipinski definition) is 1. The van der Waals surface area contributed by atoms with Crippen molar-refractivity contribution in [2.24, 2.45) is 0 Å². The van der Waals surface area contributed by atoms with E-state index in [4.69, 9.17) is 0 Å². The summed E-state index contributed by atoms with van der Waals surface area (Å²) < 4.78 is 22.9. The summed E-state index contributed by atoms with van der Waals surface area (Å²) in [5.74, 6) is 0.519. The maximum Gasteiger partial charge on any atom is 0.236 e. The number of benzene rings is 1. The van der Waals surface area contributed by atoms with Crippen molar-refractivity contribution in [1.29, 1.82) is 0 Å². The Morgan fingerprint density at radius 1 is 1.36 bits per heavy atom. The molecule has 1 amide bonds. The Morgan fingerprint density at radius 3 is 2.84 bits per heavy atom. The number of carbonyl (C=O) groups excluding carboxylic acids is 1. The molecule has 1 saturated heterocycles. The monoisotopic (exact) mass is 396 g/mol. The molecule has 1 N–H and O–H groups in total. The third-order valence-corrected chi connectivity index (χ3v) is 8.23. The molecule has 1 aliphatic heterocycles. The van der Waals surface area contributed by atoms with Gasteiger partial charge in [-0.25, -0.2) is 13.4 Å². The predicted octanol–water partition coefficient (Wildman–Crippen LogP) is 3.29. The summed E-state index contributed by atoms with van der Waals surface area (Å²) in [6.07, 6.45) is 0.633. The first-order chi connectivity index (χ1) is 11.8. The van der Waals surface area contributed by atoms with E-state index >= 15 is 0 Å². The molecule has 0 radical (unpaired) electrons. The molecule has 0 saturated carbocycles. The predicted molar refractivity (Wildman–Crippen MR) is 105 cm³/mol. The normalized spacial score (nSPS) is 19.0. The molecule has 2 heterocycles. The Morgan fingerprint density at radius 2 is 2.16 bits per heavy atom. The van der Waals surface area contributed by atoms with Gasteiger partial charge in [0.05, 0.1) is 23.0 Å². The van der Waals surface area contributed by atoms with E-state index in [0.717, 1.165) is 11.3 Å². The SMILES string of the molecule is Cc1ccc(-c2csc(NC(=O)CS[C@@H]3CCS(=O)(=O)C3)n2)cc1C. The Bertz CT molecular complexity index is 890. The molecule has 134 valence electrons. The molecule has 2 aromatic rings. The van der Waals surface area contributed by atoms with Crippen molar-refractivity contribution < 1.29 is 13.2 Å². The number of thioether (sulfide) groups is 1. The number of rotatable bonds is 5. The molecule has 3 rings (SSSR count). The van der Waals surface area contributed by atoms with E-state index in [9.17, 15) is 13.2 Å². The molecular formula is C17H20N2O3S3. The van der Waals surface area contributed by atoms with Crippen molar-refractivity contribution in [2.75, 3.05) is 22.6 Å². The lowest BCUT2D eigenvalue weighted by atomic mass is 10.1. The average Bonchev–Trinajstić information content (AvgIpc) is 3.14. The van der Waals surface area contributed by atoms with Gasteiger partial charge in [-0.05, 0) is 37.5 Å². The molecule has 0 bridgehead atoms. The van der Waals surface area contributed by atoms with E-state index in [1.807, 2.05) is 11.4 Å². The minimum absolute atomic E-state index is 0.0261. The van der Waals surface area contributed by atoms with E-state index in [1.54, 1.807) is 0 Å². The highest BCUT2D eigenvalue weighted by Crippen LogP contribution is 2.27. The number of hydrogen-bond acceptors (Lipinski definition) is 6. The third-order valence-electron chi connectivity index (χ3n) is 4.19. The maximum atomic E-state index is 12.1. The van der Waals surface area contributed by atoms with Gasteiger partial charge in [-0.3, -0.25) is 4.79 Å². The number of aryl methyl sites for hydroxylation is 2. The van der Waals surface area contributed by atoms with Gasteiger partial charge in [-0.2, -0.15) is 0 Å². The second-order valence-corrected chi connectivity index (χ2v) is 10.6. The smallest absolute Gasteiger partial charge is 0.236 e. The summed E-state index contributed by atoms with van der Waals surface area (Å²) in [5, 5.41) is 5.32. The van der Waals surface area contributed by atoms with Gasteiger partial charge in [0.25, 0.3) is 0 Å². The Kier molecular flexibility index (Phi) is 5.50. The number of amides is 1. The van der Waals surface area contributed by atoms with Crippen LogP contribution < -0.4 is 5.32 Å². The van der Waals surface area contributed by atoms with Crippen molar-refractivity contribution in [2.45, 2.75) is 25.5 Å². The second kappa shape index (κ2) is 7.47. The molecule has 1 aromatic carbocycles. The number of thiazole rings is 1. The number of nitrogens with one attached hydrogen (secondary N) is 1. The van der Waals surface area contributed by atoms with Crippen LogP contribution in [0.1, 0.15) is 17.5 Å². The summed E-state index contributed by atoms with van der Waals surface area (Å²) in [4.78, 5) is 16.5. The third kappa shape index (κ3) is 4.83. The van der Waals surface area contributed by atoms with Crippen molar-refractivity contribution >= 4 is 44.0 Å². The van der Waals surface area contributed by atoms with Crippen LogP contribution in [-0.2, 0) is 14.6 Å². The molecule has 8 heteroatoms. The van der Waals surface area contributed by atoms with Gasteiger partial charge in [0.1, 0.15) is 0 Å². The molecule has 1 fully saturated rings. The molecule has 0 aliphatic carbocycles. The largest absolute Gasteiger partial charge is 0.301 e. The highest BCUT2D eigenvalue weighted by Gasteiger charge is 2.28. The van der Waals surface area contributed by atoms with E-state index in [1.165, 1.54) is 34.2 Å². The lowest BCUT2D eigenvalue weighted by Gasteiger charge is -2.06. The molecule has 1 aromatic heterocycles. The van der Waals surface area contributed by atoms with Gasteiger partial charge in [0.15, 0.2) is 15.0 Å². The maximum absolute atomic E-state index is 12.1. The average molecular weight is 397 g/mol. The zero-order valence-corrected chi connectivity index (χ0v) is 16.6. The van der Waals surface area contributed by atoms with Crippen molar-refractivity contribution in [3.05, 3.63) is 34.7 Å². The number of anilines is 1.